The average Bonchev–Trinajstić information content (AvgIpc) is 3.38. The molecule has 0 saturated heterocycles. The second kappa shape index (κ2) is 8.12. The second-order valence-corrected chi connectivity index (χ2v) is 7.31. The first-order valence-electron chi connectivity index (χ1n) is 9.51. The smallest absolute Gasteiger partial charge is 0.259 e. The van der Waals surface area contributed by atoms with E-state index in [1.54, 1.807) is 23.9 Å². The highest BCUT2D eigenvalue weighted by molar-refractivity contribution is 6.31. The molecule has 0 spiro atoms. The molecule has 0 aliphatic heterocycles. The Morgan fingerprint density at radius 1 is 1.17 bits per heavy atom. The fourth-order valence-electron chi connectivity index (χ4n) is 2.96. The molecule has 0 fully saturated rings. The third-order valence-corrected chi connectivity index (χ3v) is 5.14. The van der Waals surface area contributed by atoms with Crippen LogP contribution in [0.4, 0.5) is 5.69 Å². The van der Waals surface area contributed by atoms with Gasteiger partial charge in [-0.15, -0.1) is 0 Å². The van der Waals surface area contributed by atoms with E-state index in [4.69, 9.17) is 16.1 Å². The van der Waals surface area contributed by atoms with Crippen molar-refractivity contribution in [2.45, 2.75) is 27.2 Å². The van der Waals surface area contributed by atoms with Crippen molar-refractivity contribution >= 4 is 23.2 Å². The van der Waals surface area contributed by atoms with E-state index >= 15 is 0 Å². The number of carbonyl (C=O) groups is 1. The van der Waals surface area contributed by atoms with E-state index in [-0.39, 0.29) is 5.91 Å². The summed E-state index contributed by atoms with van der Waals surface area (Å²) in [6, 6.07) is 13.0. The predicted octanol–water partition coefficient (Wildman–Crippen LogP) is 5.01. The SMILES string of the molecule is CCc1nc(-c2ccc(-n3cc(C(=O)Nc4ccc(C)c(Cl)c4)c(C)n3)cc2)no1. The lowest BCUT2D eigenvalue weighted by molar-refractivity contribution is 0.102. The van der Waals surface area contributed by atoms with Gasteiger partial charge in [0, 0.05) is 28.9 Å². The van der Waals surface area contributed by atoms with Crippen LogP contribution in [0.15, 0.2) is 53.2 Å². The van der Waals surface area contributed by atoms with E-state index in [0.29, 0.717) is 40.1 Å². The quantitative estimate of drug-likeness (QED) is 0.489. The lowest BCUT2D eigenvalue weighted by Gasteiger charge is -2.06. The first-order chi connectivity index (χ1) is 14.4. The highest BCUT2D eigenvalue weighted by Crippen LogP contribution is 2.22. The molecule has 30 heavy (non-hydrogen) atoms. The van der Waals surface area contributed by atoms with Crippen molar-refractivity contribution in [1.29, 1.82) is 0 Å². The average molecular weight is 422 g/mol. The number of aromatic nitrogens is 4. The minimum Gasteiger partial charge on any atom is -0.339 e. The van der Waals surface area contributed by atoms with Gasteiger partial charge in [0.15, 0.2) is 0 Å². The fraction of sp³-hybridized carbons (Fsp3) is 0.182. The van der Waals surface area contributed by atoms with Crippen LogP contribution >= 0.6 is 11.6 Å². The molecule has 0 radical (unpaired) electrons. The van der Waals surface area contributed by atoms with Gasteiger partial charge in [-0.2, -0.15) is 10.1 Å². The molecule has 7 nitrogen and oxygen atoms in total. The molecule has 4 aromatic rings. The molecule has 152 valence electrons. The number of nitrogens with zero attached hydrogens (tertiary/aromatic N) is 4. The molecule has 0 bridgehead atoms. The Bertz CT molecular complexity index is 1210. The summed E-state index contributed by atoms with van der Waals surface area (Å²) in [7, 11) is 0. The van der Waals surface area contributed by atoms with E-state index < -0.39 is 0 Å². The Labute approximate surface area is 178 Å². The van der Waals surface area contributed by atoms with E-state index in [0.717, 1.165) is 16.8 Å². The molecule has 2 aromatic carbocycles. The molecule has 1 amide bonds. The summed E-state index contributed by atoms with van der Waals surface area (Å²) < 4.78 is 6.83. The maximum Gasteiger partial charge on any atom is 0.259 e. The van der Waals surface area contributed by atoms with Crippen LogP contribution in [0.5, 0.6) is 0 Å². The highest BCUT2D eigenvalue weighted by atomic mass is 35.5. The number of halogens is 1. The number of rotatable bonds is 5. The molecule has 2 aromatic heterocycles. The standard InChI is InChI=1S/C22H20ClN5O2/c1-4-20-25-21(27-30-20)15-6-9-17(10-7-15)28-12-18(14(3)26-28)22(29)24-16-8-5-13(2)19(23)11-16/h5-12H,4H2,1-3H3,(H,24,29). The predicted molar refractivity (Wildman–Crippen MR) is 115 cm³/mol. The highest BCUT2D eigenvalue weighted by Gasteiger charge is 2.15. The van der Waals surface area contributed by atoms with Gasteiger partial charge in [0.2, 0.25) is 11.7 Å². The van der Waals surface area contributed by atoms with Crippen LogP contribution in [0.25, 0.3) is 17.1 Å². The van der Waals surface area contributed by atoms with Gasteiger partial charge < -0.3 is 9.84 Å². The van der Waals surface area contributed by atoms with Crippen molar-refractivity contribution in [3.63, 3.8) is 0 Å². The van der Waals surface area contributed by atoms with E-state index in [1.807, 2.05) is 50.2 Å². The molecule has 1 N–H and O–H groups in total. The molecule has 0 atom stereocenters. The first-order valence-corrected chi connectivity index (χ1v) is 9.89. The fourth-order valence-corrected chi connectivity index (χ4v) is 3.14. The molecule has 4 rings (SSSR count). The summed E-state index contributed by atoms with van der Waals surface area (Å²) in [5.41, 5.74) is 4.37. The zero-order valence-corrected chi connectivity index (χ0v) is 17.6. The van der Waals surface area contributed by atoms with Gasteiger partial charge in [0.25, 0.3) is 5.91 Å². The zero-order valence-electron chi connectivity index (χ0n) is 16.8. The Morgan fingerprint density at radius 3 is 2.60 bits per heavy atom. The van der Waals surface area contributed by atoms with Crippen LogP contribution in [0.3, 0.4) is 0 Å². The van der Waals surface area contributed by atoms with Crippen LogP contribution in [0, 0.1) is 13.8 Å². The number of anilines is 1. The number of nitrogens with one attached hydrogen (secondary N) is 1. The maximum atomic E-state index is 12.7. The first kappa shape index (κ1) is 19.8. The van der Waals surface area contributed by atoms with Crippen molar-refractivity contribution < 1.29 is 9.32 Å². The molecular weight excluding hydrogens is 402 g/mol. The van der Waals surface area contributed by atoms with Crippen molar-refractivity contribution in [2.75, 3.05) is 5.32 Å². The van der Waals surface area contributed by atoms with Gasteiger partial charge >= 0.3 is 0 Å². The van der Waals surface area contributed by atoms with Crippen molar-refractivity contribution in [2.24, 2.45) is 0 Å². The van der Waals surface area contributed by atoms with Crippen LogP contribution in [-0.4, -0.2) is 25.8 Å². The van der Waals surface area contributed by atoms with Crippen LogP contribution in [0.1, 0.15) is 34.4 Å². The number of carbonyl (C=O) groups excluding carboxylic acids is 1. The Kier molecular flexibility index (Phi) is 5.37. The van der Waals surface area contributed by atoms with Gasteiger partial charge in [-0.1, -0.05) is 29.7 Å². The second-order valence-electron chi connectivity index (χ2n) is 6.90. The topological polar surface area (TPSA) is 85.8 Å². The van der Waals surface area contributed by atoms with Gasteiger partial charge in [0.1, 0.15) is 0 Å². The molecular formula is C22H20ClN5O2. The monoisotopic (exact) mass is 421 g/mol. The molecule has 0 aliphatic carbocycles. The Hall–Kier alpha value is -3.45. The largest absolute Gasteiger partial charge is 0.339 e. The van der Waals surface area contributed by atoms with Crippen molar-refractivity contribution in [1.82, 2.24) is 19.9 Å². The Balaban J connectivity index is 1.54. The minimum absolute atomic E-state index is 0.241. The lowest BCUT2D eigenvalue weighted by Crippen LogP contribution is -2.12. The summed E-state index contributed by atoms with van der Waals surface area (Å²) in [6.45, 7) is 5.67. The van der Waals surface area contributed by atoms with Gasteiger partial charge in [-0.3, -0.25) is 4.79 Å². The summed E-state index contributed by atoms with van der Waals surface area (Å²) in [6.07, 6.45) is 2.40. The lowest BCUT2D eigenvalue weighted by atomic mass is 10.2. The molecule has 2 heterocycles. The van der Waals surface area contributed by atoms with E-state index in [2.05, 4.69) is 20.6 Å². The van der Waals surface area contributed by atoms with Gasteiger partial charge in [-0.05, 0) is 55.8 Å². The number of amides is 1. The summed E-state index contributed by atoms with van der Waals surface area (Å²) in [4.78, 5) is 17.0. The number of hydrogen-bond donors (Lipinski definition) is 1. The third-order valence-electron chi connectivity index (χ3n) is 4.73. The molecule has 0 unspecified atom stereocenters. The van der Waals surface area contributed by atoms with Crippen LogP contribution < -0.4 is 5.32 Å². The van der Waals surface area contributed by atoms with Crippen molar-refractivity contribution in [3.8, 4) is 17.1 Å². The summed E-state index contributed by atoms with van der Waals surface area (Å²) in [5, 5.41) is 11.9. The number of aryl methyl sites for hydroxylation is 3. The number of hydrogen-bond acceptors (Lipinski definition) is 5. The van der Waals surface area contributed by atoms with Crippen LogP contribution in [-0.2, 0) is 6.42 Å². The normalized spacial score (nSPS) is 10.9. The summed E-state index contributed by atoms with van der Waals surface area (Å²) in [5.74, 6) is 0.906. The maximum absolute atomic E-state index is 12.7. The molecule has 0 aliphatic rings. The van der Waals surface area contributed by atoms with E-state index in [9.17, 15) is 4.79 Å². The van der Waals surface area contributed by atoms with Gasteiger partial charge in [-0.25, -0.2) is 4.68 Å². The Morgan fingerprint density at radius 2 is 1.93 bits per heavy atom. The zero-order chi connectivity index (χ0) is 21.3. The number of benzene rings is 2. The summed E-state index contributed by atoms with van der Waals surface area (Å²) >= 11 is 6.14. The van der Waals surface area contributed by atoms with E-state index in [1.165, 1.54) is 0 Å². The van der Waals surface area contributed by atoms with Crippen molar-refractivity contribution in [3.05, 3.63) is 76.4 Å². The third kappa shape index (κ3) is 3.97. The molecule has 0 saturated carbocycles. The van der Waals surface area contributed by atoms with Crippen LogP contribution in [0.2, 0.25) is 5.02 Å². The molecule has 8 heteroatoms. The van der Waals surface area contributed by atoms with Gasteiger partial charge in [0.05, 0.1) is 16.9 Å². The minimum atomic E-state index is -0.241.